The zero-order valence-electron chi connectivity index (χ0n) is 8.17. The molecule has 2 atom stereocenters. The number of benzene rings is 1. The number of phenols is 1. The molecule has 8 nitrogen and oxygen atoms in total. The van der Waals surface area contributed by atoms with E-state index in [-0.39, 0.29) is 13.0 Å². The van der Waals surface area contributed by atoms with Crippen molar-refractivity contribution in [3.05, 3.63) is 28.1 Å². The number of quaternary nitrogens is 2. The summed E-state index contributed by atoms with van der Waals surface area (Å²) in [5, 5.41) is 54.2. The van der Waals surface area contributed by atoms with Crippen LogP contribution in [-0.4, -0.2) is 27.2 Å². The molecule has 0 amide bonds. The third-order valence-corrected chi connectivity index (χ3v) is 2.03. The lowest BCUT2D eigenvalue weighted by atomic mass is 10.1. The van der Waals surface area contributed by atoms with E-state index in [0.29, 0.717) is 5.56 Å². The van der Waals surface area contributed by atoms with Crippen LogP contribution in [0.5, 0.6) is 5.75 Å². The summed E-state index contributed by atoms with van der Waals surface area (Å²) in [6, 6.07) is 2.28. The molecule has 2 unspecified atom stereocenters. The molecule has 0 bridgehead atoms. The van der Waals surface area contributed by atoms with Gasteiger partial charge in [-0.3, -0.25) is 0 Å². The van der Waals surface area contributed by atoms with Crippen molar-refractivity contribution in [3.63, 3.8) is 0 Å². The van der Waals surface area contributed by atoms with Crippen molar-refractivity contribution in [3.8, 4) is 5.75 Å². The fraction of sp³-hybridized carbons (Fsp3) is 0.250. The van der Waals surface area contributed by atoms with E-state index < -0.39 is 27.6 Å². The second-order valence-corrected chi connectivity index (χ2v) is 3.12. The van der Waals surface area contributed by atoms with E-state index in [1.54, 1.807) is 0 Å². The van der Waals surface area contributed by atoms with Gasteiger partial charge in [-0.05, 0) is 12.0 Å². The van der Waals surface area contributed by atoms with Crippen LogP contribution < -0.4 is 10.5 Å². The average Bonchev–Trinajstić information content (AvgIpc) is 2.19. The van der Waals surface area contributed by atoms with Gasteiger partial charge < -0.3 is 20.6 Å². The first-order valence-corrected chi connectivity index (χ1v) is 4.40. The summed E-state index contributed by atoms with van der Waals surface area (Å²) in [7, 11) is 0. The highest BCUT2D eigenvalue weighted by molar-refractivity contribution is 5.60. The van der Waals surface area contributed by atoms with Crippen molar-refractivity contribution in [1.29, 1.82) is 0 Å². The summed E-state index contributed by atoms with van der Waals surface area (Å²) >= 11 is 0. The van der Waals surface area contributed by atoms with Gasteiger partial charge in [0.15, 0.2) is 0 Å². The number of hydrogen-bond acceptors (Lipinski definition) is 6. The van der Waals surface area contributed by atoms with Crippen LogP contribution in [0.3, 0.4) is 0 Å². The van der Waals surface area contributed by atoms with Crippen LogP contribution in [0.1, 0.15) is 5.56 Å². The van der Waals surface area contributed by atoms with E-state index >= 15 is 0 Å². The molecule has 0 aliphatic heterocycles. The molecule has 0 heterocycles. The first-order valence-electron chi connectivity index (χ1n) is 4.40. The second kappa shape index (κ2) is 5.18. The molecule has 0 spiro atoms. The molecule has 0 aliphatic rings. The van der Waals surface area contributed by atoms with Crippen molar-refractivity contribution in [1.82, 2.24) is 0 Å². The Morgan fingerprint density at radius 3 is 1.81 bits per heavy atom. The van der Waals surface area contributed by atoms with Crippen LogP contribution in [0.15, 0.2) is 12.1 Å². The maximum absolute atomic E-state index is 10.7. The van der Waals surface area contributed by atoms with Gasteiger partial charge in [-0.25, -0.2) is 10.4 Å². The molecular weight excluding hydrogens is 220 g/mol. The van der Waals surface area contributed by atoms with Gasteiger partial charge in [0.2, 0.25) is 17.1 Å². The summed E-state index contributed by atoms with van der Waals surface area (Å²) in [5.74, 6) is -0.776. The molecule has 1 rings (SSSR count). The van der Waals surface area contributed by atoms with E-state index in [0.717, 1.165) is 12.1 Å². The molecule has 0 aliphatic carbocycles. The van der Waals surface area contributed by atoms with Gasteiger partial charge >= 0.3 is 0 Å². The van der Waals surface area contributed by atoms with Crippen molar-refractivity contribution in [2.75, 3.05) is 6.61 Å². The molecule has 6 N–H and O–H groups in total. The highest BCUT2D eigenvalue weighted by atomic mass is 16.8. The standard InChI is InChI=1S/C8H12N2O6/c11-2-1-5-3-6(9(13)14)8(12)7(4-5)10(15)16/h3-4,9-13,15H,1-2H2. The van der Waals surface area contributed by atoms with Gasteiger partial charge in [-0.2, -0.15) is 10.5 Å². The lowest BCUT2D eigenvalue weighted by molar-refractivity contribution is -0.996. The van der Waals surface area contributed by atoms with Crippen molar-refractivity contribution in [2.24, 2.45) is 0 Å². The monoisotopic (exact) mass is 232 g/mol. The smallest absolute Gasteiger partial charge is 0.246 e. The minimum atomic E-state index is -1.42. The zero-order valence-corrected chi connectivity index (χ0v) is 8.17. The Kier molecular flexibility index (Phi) is 4.15. The molecule has 0 saturated carbocycles. The third kappa shape index (κ3) is 2.65. The van der Waals surface area contributed by atoms with E-state index in [1.807, 2.05) is 0 Å². The fourth-order valence-electron chi connectivity index (χ4n) is 1.29. The van der Waals surface area contributed by atoms with Crippen LogP contribution in [0.2, 0.25) is 0 Å². The molecule has 0 fully saturated rings. The zero-order chi connectivity index (χ0) is 12.3. The number of aliphatic hydroxyl groups is 1. The largest absolute Gasteiger partial charge is 0.595 e. The molecule has 90 valence electrons. The van der Waals surface area contributed by atoms with Gasteiger partial charge in [0.05, 0.1) is 0 Å². The Bertz CT molecular complexity index is 339. The summed E-state index contributed by atoms with van der Waals surface area (Å²) in [6.45, 7) is -0.233. The summed E-state index contributed by atoms with van der Waals surface area (Å²) in [6.07, 6.45) is 0.126. The van der Waals surface area contributed by atoms with E-state index in [4.69, 9.17) is 15.5 Å². The average molecular weight is 232 g/mol. The minimum Gasteiger partial charge on any atom is -0.595 e. The topological polar surface area (TPSA) is 136 Å². The maximum Gasteiger partial charge on any atom is 0.246 e. The Labute approximate surface area is 90.3 Å². The van der Waals surface area contributed by atoms with Gasteiger partial charge in [-0.15, -0.1) is 0 Å². The predicted octanol–water partition coefficient (Wildman–Crippen LogP) is -2.27. The molecular formula is C8H12N2O6. The van der Waals surface area contributed by atoms with Crippen molar-refractivity contribution < 1.29 is 31.1 Å². The number of phenolic OH excluding ortho intramolecular Hbond substituents is 1. The van der Waals surface area contributed by atoms with Crippen LogP contribution in [-0.2, 0) is 6.42 Å². The normalized spacial score (nSPS) is 14.8. The lowest BCUT2D eigenvalue weighted by Gasteiger charge is -2.18. The maximum atomic E-state index is 10.7. The van der Waals surface area contributed by atoms with Gasteiger partial charge in [-0.1, -0.05) is 0 Å². The number of rotatable bonds is 4. The molecule has 0 aromatic heterocycles. The number of aromatic hydroxyl groups is 1. The Balaban J connectivity index is 3.27. The molecule has 1 aromatic carbocycles. The van der Waals surface area contributed by atoms with Crippen LogP contribution >= 0.6 is 0 Å². The van der Waals surface area contributed by atoms with Gasteiger partial charge in [0.25, 0.3) is 0 Å². The first kappa shape index (κ1) is 12.8. The molecule has 8 heteroatoms. The second-order valence-electron chi connectivity index (χ2n) is 3.12. The quantitative estimate of drug-likeness (QED) is 0.256. The highest BCUT2D eigenvalue weighted by Gasteiger charge is 2.19. The Morgan fingerprint density at radius 1 is 1.06 bits per heavy atom. The molecule has 1 aromatic rings. The van der Waals surface area contributed by atoms with Gasteiger partial charge in [0.1, 0.15) is 0 Å². The molecule has 0 saturated heterocycles. The van der Waals surface area contributed by atoms with Crippen LogP contribution in [0.25, 0.3) is 0 Å². The van der Waals surface area contributed by atoms with Gasteiger partial charge in [0, 0.05) is 18.7 Å². The lowest BCUT2D eigenvalue weighted by Crippen LogP contribution is -3.00. The predicted molar refractivity (Wildman–Crippen MR) is 50.4 cm³/mol. The third-order valence-electron chi connectivity index (χ3n) is 2.03. The van der Waals surface area contributed by atoms with E-state index in [2.05, 4.69) is 0 Å². The number of aliphatic hydroxyl groups excluding tert-OH is 1. The molecule has 0 radical (unpaired) electrons. The number of nitrogens with one attached hydrogen (secondary N) is 2. The number of hydrogen-bond donors (Lipinski definition) is 6. The van der Waals surface area contributed by atoms with Crippen LogP contribution in [0, 0.1) is 10.4 Å². The summed E-state index contributed by atoms with van der Waals surface area (Å²) in [4.78, 5) is 0. The summed E-state index contributed by atoms with van der Waals surface area (Å²) in [5.41, 5.74) is -0.623. The van der Waals surface area contributed by atoms with Crippen LogP contribution in [0.4, 0.5) is 11.4 Å². The Hall–Kier alpha value is -1.26. The SMILES string of the molecule is [O-][NH+](O)c1cc(CCO)cc([NH+]([O-])O)c1O. The first-order chi connectivity index (χ1) is 7.47. The highest BCUT2D eigenvalue weighted by Crippen LogP contribution is 2.28. The van der Waals surface area contributed by atoms with Crippen molar-refractivity contribution in [2.45, 2.75) is 6.42 Å². The fourth-order valence-corrected chi connectivity index (χ4v) is 1.29. The van der Waals surface area contributed by atoms with E-state index in [9.17, 15) is 15.5 Å². The Morgan fingerprint density at radius 2 is 1.50 bits per heavy atom. The summed E-state index contributed by atoms with van der Waals surface area (Å²) < 4.78 is 0. The molecule has 16 heavy (non-hydrogen) atoms. The minimum absolute atomic E-state index is 0.126. The van der Waals surface area contributed by atoms with E-state index in [1.165, 1.54) is 0 Å². The van der Waals surface area contributed by atoms with Crippen molar-refractivity contribution >= 4 is 11.4 Å².